The number of carbonyl (C=O) groups excluding carboxylic acids is 2. The molecule has 7 heteroatoms. The third kappa shape index (κ3) is 3.89. The fourth-order valence-electron chi connectivity index (χ4n) is 2.70. The maximum absolute atomic E-state index is 12.4. The first-order valence-corrected chi connectivity index (χ1v) is 9.27. The number of benzene rings is 3. The molecule has 0 aliphatic heterocycles. The zero-order valence-electron chi connectivity index (χ0n) is 14.7. The number of nitrogens with zero attached hydrogens (tertiary/aromatic N) is 2. The Kier molecular flexibility index (Phi) is 5.07. The van der Waals surface area contributed by atoms with Gasteiger partial charge in [-0.3, -0.25) is 9.59 Å². The highest BCUT2D eigenvalue weighted by Gasteiger charge is 2.11. The van der Waals surface area contributed by atoms with Crippen molar-refractivity contribution in [2.45, 2.75) is 0 Å². The summed E-state index contributed by atoms with van der Waals surface area (Å²) in [6.07, 6.45) is 0. The average molecular weight is 389 g/mol. The normalized spacial score (nSPS) is 10.6. The van der Waals surface area contributed by atoms with Gasteiger partial charge in [-0.05, 0) is 36.4 Å². The van der Waals surface area contributed by atoms with Gasteiger partial charge in [-0.25, -0.2) is 0 Å². The molecule has 0 fully saturated rings. The summed E-state index contributed by atoms with van der Waals surface area (Å²) in [5.74, 6) is 0.146. The SMILES string of the molecule is O=C(COc1ccc(C(=O)c2ccccc2)cc1)Nc1cccc2nsnc12. The maximum atomic E-state index is 12.4. The van der Waals surface area contributed by atoms with E-state index in [-0.39, 0.29) is 18.3 Å². The molecule has 0 atom stereocenters. The van der Waals surface area contributed by atoms with Crippen LogP contribution in [0, 0.1) is 0 Å². The molecule has 1 N–H and O–H groups in total. The van der Waals surface area contributed by atoms with E-state index in [0.717, 1.165) is 17.2 Å². The van der Waals surface area contributed by atoms with Crippen molar-refractivity contribution in [3.63, 3.8) is 0 Å². The highest BCUT2D eigenvalue weighted by Crippen LogP contribution is 2.21. The number of ketones is 1. The first-order chi connectivity index (χ1) is 13.7. The fraction of sp³-hybridized carbons (Fsp3) is 0.0476. The van der Waals surface area contributed by atoms with Crippen molar-refractivity contribution in [1.29, 1.82) is 0 Å². The van der Waals surface area contributed by atoms with Crippen LogP contribution < -0.4 is 10.1 Å². The summed E-state index contributed by atoms with van der Waals surface area (Å²) < 4.78 is 13.8. The van der Waals surface area contributed by atoms with Crippen LogP contribution in [-0.2, 0) is 4.79 Å². The van der Waals surface area contributed by atoms with E-state index in [1.54, 1.807) is 42.5 Å². The van der Waals surface area contributed by atoms with E-state index in [0.29, 0.717) is 28.1 Å². The summed E-state index contributed by atoms with van der Waals surface area (Å²) in [5.41, 5.74) is 3.18. The van der Waals surface area contributed by atoms with E-state index in [1.807, 2.05) is 30.3 Å². The van der Waals surface area contributed by atoms with Gasteiger partial charge >= 0.3 is 0 Å². The molecule has 1 amide bonds. The molecule has 1 aromatic heterocycles. The zero-order valence-corrected chi connectivity index (χ0v) is 15.5. The quantitative estimate of drug-likeness (QED) is 0.505. The third-order valence-electron chi connectivity index (χ3n) is 4.08. The first-order valence-electron chi connectivity index (χ1n) is 8.54. The number of rotatable bonds is 6. The van der Waals surface area contributed by atoms with Crippen molar-refractivity contribution in [1.82, 2.24) is 8.75 Å². The van der Waals surface area contributed by atoms with Gasteiger partial charge in [-0.15, -0.1) is 0 Å². The van der Waals surface area contributed by atoms with E-state index in [9.17, 15) is 9.59 Å². The summed E-state index contributed by atoms with van der Waals surface area (Å²) in [5, 5.41) is 2.78. The zero-order chi connectivity index (χ0) is 19.3. The molecule has 0 bridgehead atoms. The first kappa shape index (κ1) is 17.8. The number of hydrogen-bond donors (Lipinski definition) is 1. The largest absolute Gasteiger partial charge is 0.484 e. The lowest BCUT2D eigenvalue weighted by Gasteiger charge is -2.08. The molecule has 0 radical (unpaired) electrons. The molecule has 0 aliphatic rings. The van der Waals surface area contributed by atoms with E-state index in [4.69, 9.17) is 4.74 Å². The predicted octanol–water partition coefficient (Wildman–Crippen LogP) is 3.94. The van der Waals surface area contributed by atoms with Gasteiger partial charge in [0.2, 0.25) is 0 Å². The van der Waals surface area contributed by atoms with E-state index < -0.39 is 0 Å². The van der Waals surface area contributed by atoms with E-state index >= 15 is 0 Å². The van der Waals surface area contributed by atoms with Gasteiger partial charge in [0.05, 0.1) is 17.4 Å². The molecule has 6 nitrogen and oxygen atoms in total. The lowest BCUT2D eigenvalue weighted by molar-refractivity contribution is -0.118. The Balaban J connectivity index is 1.36. The predicted molar refractivity (Wildman–Crippen MR) is 108 cm³/mol. The summed E-state index contributed by atoms with van der Waals surface area (Å²) in [4.78, 5) is 24.6. The lowest BCUT2D eigenvalue weighted by Crippen LogP contribution is -2.20. The van der Waals surface area contributed by atoms with Gasteiger partial charge in [0.1, 0.15) is 16.8 Å². The molecule has 0 aliphatic carbocycles. The van der Waals surface area contributed by atoms with Crippen molar-refractivity contribution >= 4 is 40.1 Å². The smallest absolute Gasteiger partial charge is 0.262 e. The summed E-state index contributed by atoms with van der Waals surface area (Å²) in [6, 6.07) is 21.2. The second-order valence-corrected chi connectivity index (χ2v) is 6.52. The van der Waals surface area contributed by atoms with Gasteiger partial charge < -0.3 is 10.1 Å². The molecular formula is C21H15N3O3S. The van der Waals surface area contributed by atoms with Crippen LogP contribution in [0.25, 0.3) is 11.0 Å². The van der Waals surface area contributed by atoms with Crippen LogP contribution in [0.4, 0.5) is 5.69 Å². The highest BCUT2D eigenvalue weighted by molar-refractivity contribution is 7.00. The Morgan fingerprint density at radius 2 is 1.61 bits per heavy atom. The second-order valence-electron chi connectivity index (χ2n) is 5.99. The molecule has 4 aromatic rings. The molecular weight excluding hydrogens is 374 g/mol. The molecule has 3 aromatic carbocycles. The van der Waals surface area contributed by atoms with Crippen LogP contribution in [0.3, 0.4) is 0 Å². The van der Waals surface area contributed by atoms with Crippen LogP contribution in [0.5, 0.6) is 5.75 Å². The van der Waals surface area contributed by atoms with Gasteiger partial charge in [0.25, 0.3) is 5.91 Å². The van der Waals surface area contributed by atoms with Crippen LogP contribution in [-0.4, -0.2) is 27.0 Å². The third-order valence-corrected chi connectivity index (χ3v) is 4.63. The minimum atomic E-state index is -0.301. The topological polar surface area (TPSA) is 81.2 Å². The molecule has 0 spiro atoms. The van der Waals surface area contributed by atoms with Crippen LogP contribution in [0.2, 0.25) is 0 Å². The van der Waals surface area contributed by atoms with Crippen LogP contribution in [0.15, 0.2) is 72.8 Å². The Morgan fingerprint density at radius 3 is 2.39 bits per heavy atom. The molecule has 0 saturated carbocycles. The lowest BCUT2D eigenvalue weighted by atomic mass is 10.0. The average Bonchev–Trinajstić information content (AvgIpc) is 3.23. The van der Waals surface area contributed by atoms with Crippen molar-refractivity contribution in [2.75, 3.05) is 11.9 Å². The summed E-state index contributed by atoms with van der Waals surface area (Å²) in [6.45, 7) is -0.153. The number of ether oxygens (including phenoxy) is 1. The van der Waals surface area contributed by atoms with Crippen molar-refractivity contribution in [3.8, 4) is 5.75 Å². The Labute approximate surface area is 165 Å². The minimum Gasteiger partial charge on any atom is -0.484 e. The molecule has 0 unspecified atom stereocenters. The van der Waals surface area contributed by atoms with Crippen molar-refractivity contribution in [3.05, 3.63) is 83.9 Å². The van der Waals surface area contributed by atoms with Crippen LogP contribution >= 0.6 is 11.7 Å². The van der Waals surface area contributed by atoms with Gasteiger partial charge in [0.15, 0.2) is 12.4 Å². The van der Waals surface area contributed by atoms with Gasteiger partial charge in [-0.2, -0.15) is 8.75 Å². The molecule has 1 heterocycles. The molecule has 4 rings (SSSR count). The Bertz CT molecular complexity index is 1120. The molecule has 138 valence electrons. The number of hydrogen-bond acceptors (Lipinski definition) is 6. The van der Waals surface area contributed by atoms with E-state index in [1.165, 1.54) is 0 Å². The van der Waals surface area contributed by atoms with E-state index in [2.05, 4.69) is 14.1 Å². The highest BCUT2D eigenvalue weighted by atomic mass is 32.1. The summed E-state index contributed by atoms with van der Waals surface area (Å²) in [7, 11) is 0. The molecule has 0 saturated heterocycles. The number of nitrogens with one attached hydrogen (secondary N) is 1. The van der Waals surface area contributed by atoms with Crippen LogP contribution in [0.1, 0.15) is 15.9 Å². The Hall–Kier alpha value is -3.58. The number of carbonyl (C=O) groups is 2. The maximum Gasteiger partial charge on any atom is 0.262 e. The van der Waals surface area contributed by atoms with Crippen molar-refractivity contribution in [2.24, 2.45) is 0 Å². The number of aromatic nitrogens is 2. The number of anilines is 1. The summed E-state index contributed by atoms with van der Waals surface area (Å²) >= 11 is 1.10. The minimum absolute atomic E-state index is 0.0603. The number of amides is 1. The Morgan fingerprint density at radius 1 is 0.857 bits per heavy atom. The standard InChI is InChI=1S/C21H15N3O3S/c25-19(22-17-7-4-8-18-20(17)24-28-23-18)13-27-16-11-9-15(10-12-16)21(26)14-5-2-1-3-6-14/h1-12H,13H2,(H,22,25). The molecule has 28 heavy (non-hydrogen) atoms. The van der Waals surface area contributed by atoms with Crippen molar-refractivity contribution < 1.29 is 14.3 Å². The van der Waals surface area contributed by atoms with Gasteiger partial charge in [0, 0.05) is 11.1 Å². The second kappa shape index (κ2) is 7.98. The monoisotopic (exact) mass is 389 g/mol. The number of fused-ring (bicyclic) bond motifs is 1. The fourth-order valence-corrected chi connectivity index (χ4v) is 3.25. The van der Waals surface area contributed by atoms with Gasteiger partial charge in [-0.1, -0.05) is 36.4 Å².